The van der Waals surface area contributed by atoms with Crippen molar-refractivity contribution in [3.05, 3.63) is 65.3 Å². The summed E-state index contributed by atoms with van der Waals surface area (Å²) in [7, 11) is 2.05. The molecule has 0 unspecified atom stereocenters. The Morgan fingerprint density at radius 1 is 1.15 bits per heavy atom. The van der Waals surface area contributed by atoms with Gasteiger partial charge in [-0.05, 0) is 67.4 Å². The molecule has 2 fully saturated rings. The monoisotopic (exact) mass is 458 g/mol. The Morgan fingerprint density at radius 2 is 1.94 bits per heavy atom. The first-order chi connectivity index (χ1) is 16.1. The fourth-order valence-corrected chi connectivity index (χ4v) is 6.71. The lowest BCUT2D eigenvalue weighted by atomic mass is 9.90. The summed E-state index contributed by atoms with van der Waals surface area (Å²) in [6.45, 7) is 3.88. The van der Waals surface area contributed by atoms with E-state index in [1.54, 1.807) is 0 Å². The third-order valence-corrected chi connectivity index (χ3v) is 8.84. The second-order valence-electron chi connectivity index (χ2n) is 9.76. The van der Waals surface area contributed by atoms with Crippen LogP contribution in [-0.2, 0) is 24.8 Å². The van der Waals surface area contributed by atoms with Crippen molar-refractivity contribution in [1.29, 1.82) is 0 Å². The van der Waals surface area contributed by atoms with Crippen molar-refractivity contribution < 1.29 is 4.79 Å². The van der Waals surface area contributed by atoms with Crippen molar-refractivity contribution in [2.75, 3.05) is 19.6 Å². The second-order valence-corrected chi connectivity index (χ2v) is 10.9. The van der Waals surface area contributed by atoms with Crippen molar-refractivity contribution in [3.8, 4) is 0 Å². The van der Waals surface area contributed by atoms with E-state index in [0.29, 0.717) is 6.54 Å². The van der Waals surface area contributed by atoms with Crippen molar-refractivity contribution in [3.63, 3.8) is 0 Å². The number of carbonyl (C=O) groups is 1. The number of hydrogen-bond acceptors (Lipinski definition) is 4. The number of nitrogens with one attached hydrogen (secondary N) is 1. The highest BCUT2D eigenvalue weighted by Gasteiger charge is 2.58. The third kappa shape index (κ3) is 3.96. The first kappa shape index (κ1) is 20.9. The number of piperidine rings is 1. The molecule has 1 saturated heterocycles. The Hall–Kier alpha value is -2.70. The summed E-state index contributed by atoms with van der Waals surface area (Å²) >= 11 is 1.91. The molecule has 0 radical (unpaired) electrons. The summed E-state index contributed by atoms with van der Waals surface area (Å²) in [5.74, 6) is 1.47. The SMILES string of the molecule is Cn1c(CCNC(=O)[C@H]2CC23CCN(Cc2cc4ccccc4s2)CC3)nc2ccccc21. The van der Waals surface area contributed by atoms with Gasteiger partial charge in [-0.25, -0.2) is 4.98 Å². The van der Waals surface area contributed by atoms with E-state index < -0.39 is 0 Å². The van der Waals surface area contributed by atoms with Crippen LogP contribution in [-0.4, -0.2) is 40.0 Å². The number of likely N-dealkylation sites (tertiary alicyclic amines) is 1. The van der Waals surface area contributed by atoms with Crippen molar-refractivity contribution >= 4 is 38.4 Å². The Bertz CT molecular complexity index is 1280. The number of thiophene rings is 1. The lowest BCUT2D eigenvalue weighted by Crippen LogP contribution is -2.37. The minimum atomic E-state index is 0.199. The molecule has 4 aromatic rings. The molecule has 1 N–H and O–H groups in total. The Balaban J connectivity index is 0.989. The maximum Gasteiger partial charge on any atom is 0.223 e. The highest BCUT2D eigenvalue weighted by Crippen LogP contribution is 2.59. The molecule has 2 aromatic carbocycles. The number of benzene rings is 2. The van der Waals surface area contributed by atoms with E-state index in [1.807, 2.05) is 29.5 Å². The van der Waals surface area contributed by atoms with Crippen LogP contribution >= 0.6 is 11.3 Å². The van der Waals surface area contributed by atoms with Crippen LogP contribution in [0.2, 0.25) is 0 Å². The third-order valence-electron chi connectivity index (χ3n) is 7.74. The first-order valence-corrected chi connectivity index (χ1v) is 12.8. The van der Waals surface area contributed by atoms with Crippen LogP contribution in [0, 0.1) is 11.3 Å². The number of hydrogen-bond donors (Lipinski definition) is 1. The number of para-hydroxylation sites is 2. The summed E-state index contributed by atoms with van der Waals surface area (Å²) in [5, 5.41) is 4.55. The molecule has 1 atom stereocenters. The first-order valence-electron chi connectivity index (χ1n) is 12.0. The summed E-state index contributed by atoms with van der Waals surface area (Å²) in [5.41, 5.74) is 2.41. The van der Waals surface area contributed by atoms with E-state index in [9.17, 15) is 4.79 Å². The highest BCUT2D eigenvalue weighted by molar-refractivity contribution is 7.19. The molecule has 1 saturated carbocycles. The van der Waals surface area contributed by atoms with Gasteiger partial charge in [-0.3, -0.25) is 9.69 Å². The van der Waals surface area contributed by atoms with Crippen molar-refractivity contribution in [2.24, 2.45) is 18.4 Å². The van der Waals surface area contributed by atoms with Crippen LogP contribution in [0.4, 0.5) is 0 Å². The summed E-state index contributed by atoms with van der Waals surface area (Å²) in [4.78, 5) is 21.6. The highest BCUT2D eigenvalue weighted by atomic mass is 32.1. The number of carbonyl (C=O) groups excluding carboxylic acids is 1. The number of aromatic nitrogens is 2. The van der Waals surface area contributed by atoms with E-state index in [0.717, 1.165) is 62.2 Å². The lowest BCUT2D eigenvalue weighted by Gasteiger charge is -2.32. The Labute approximate surface area is 198 Å². The van der Waals surface area contributed by atoms with Gasteiger partial charge in [0, 0.05) is 42.1 Å². The molecule has 2 aromatic heterocycles. The number of amides is 1. The number of imidazole rings is 1. The van der Waals surface area contributed by atoms with Gasteiger partial charge >= 0.3 is 0 Å². The van der Waals surface area contributed by atoms with Crippen molar-refractivity contribution in [2.45, 2.75) is 32.2 Å². The second kappa shape index (κ2) is 8.26. The minimum Gasteiger partial charge on any atom is -0.355 e. The van der Waals surface area contributed by atoms with Crippen LogP contribution in [0.1, 0.15) is 30.0 Å². The van der Waals surface area contributed by atoms with Crippen LogP contribution in [0.3, 0.4) is 0 Å². The predicted octanol–water partition coefficient (Wildman–Crippen LogP) is 4.75. The van der Waals surface area contributed by atoms with Crippen LogP contribution in [0.5, 0.6) is 0 Å². The summed E-state index contributed by atoms with van der Waals surface area (Å²) in [6.07, 6.45) is 4.10. The maximum absolute atomic E-state index is 12.8. The molecule has 0 bridgehead atoms. The number of fused-ring (bicyclic) bond motifs is 2. The molecule has 3 heterocycles. The Kier molecular flexibility index (Phi) is 5.23. The van der Waals surface area contributed by atoms with E-state index >= 15 is 0 Å². The zero-order chi connectivity index (χ0) is 22.4. The molecule has 6 heteroatoms. The van der Waals surface area contributed by atoms with E-state index in [4.69, 9.17) is 4.98 Å². The molecule has 2 aliphatic rings. The number of aryl methyl sites for hydroxylation is 1. The van der Waals surface area contributed by atoms with Crippen LogP contribution in [0.25, 0.3) is 21.1 Å². The molecule has 1 aliphatic heterocycles. The molecule has 170 valence electrons. The standard InChI is InChI=1S/C27H30N4OS/c1-30-23-8-4-3-7-22(23)29-25(30)10-13-28-26(32)21-17-27(21)11-14-31(15-12-27)18-20-16-19-6-2-5-9-24(19)33-20/h2-9,16,21H,10-15,17-18H2,1H3,(H,28,32)/t21-/m1/s1. The van der Waals surface area contributed by atoms with Gasteiger partial charge in [-0.2, -0.15) is 0 Å². The van der Waals surface area contributed by atoms with Gasteiger partial charge in [0.25, 0.3) is 0 Å². The van der Waals surface area contributed by atoms with Crippen LogP contribution < -0.4 is 5.32 Å². The van der Waals surface area contributed by atoms with E-state index in [-0.39, 0.29) is 17.2 Å². The van der Waals surface area contributed by atoms with Crippen LogP contribution in [0.15, 0.2) is 54.6 Å². The van der Waals surface area contributed by atoms with Gasteiger partial charge in [-0.1, -0.05) is 30.3 Å². The predicted molar refractivity (Wildman–Crippen MR) is 134 cm³/mol. The zero-order valence-corrected chi connectivity index (χ0v) is 19.9. The average Bonchev–Trinajstić information content (AvgIpc) is 3.22. The average molecular weight is 459 g/mol. The van der Waals surface area contributed by atoms with E-state index in [1.165, 1.54) is 15.0 Å². The lowest BCUT2D eigenvalue weighted by molar-refractivity contribution is -0.123. The van der Waals surface area contributed by atoms with Gasteiger partial charge in [0.15, 0.2) is 0 Å². The molecule has 1 spiro atoms. The fourth-order valence-electron chi connectivity index (χ4n) is 5.60. The van der Waals surface area contributed by atoms with E-state index in [2.05, 4.69) is 58.2 Å². The van der Waals surface area contributed by atoms with Crippen molar-refractivity contribution in [1.82, 2.24) is 19.8 Å². The summed E-state index contributed by atoms with van der Waals surface area (Å²) < 4.78 is 3.51. The van der Waals surface area contributed by atoms with Gasteiger partial charge < -0.3 is 9.88 Å². The Morgan fingerprint density at radius 3 is 2.76 bits per heavy atom. The van der Waals surface area contributed by atoms with Gasteiger partial charge in [0.05, 0.1) is 11.0 Å². The molecule has 1 aliphatic carbocycles. The largest absolute Gasteiger partial charge is 0.355 e. The van der Waals surface area contributed by atoms with Gasteiger partial charge in [-0.15, -0.1) is 11.3 Å². The molecule has 33 heavy (non-hydrogen) atoms. The molecular formula is C27H30N4OS. The summed E-state index contributed by atoms with van der Waals surface area (Å²) in [6, 6.07) is 19.1. The fraction of sp³-hybridized carbons (Fsp3) is 0.407. The smallest absolute Gasteiger partial charge is 0.223 e. The van der Waals surface area contributed by atoms with Gasteiger partial charge in [0.1, 0.15) is 5.82 Å². The van der Waals surface area contributed by atoms with Gasteiger partial charge in [0.2, 0.25) is 5.91 Å². The number of rotatable bonds is 6. The molecule has 6 rings (SSSR count). The minimum absolute atomic E-state index is 0.199. The molecule has 5 nitrogen and oxygen atoms in total. The zero-order valence-electron chi connectivity index (χ0n) is 19.1. The quantitative estimate of drug-likeness (QED) is 0.454. The normalized spacial score (nSPS) is 20.0. The molecule has 1 amide bonds. The topological polar surface area (TPSA) is 50.2 Å². The maximum atomic E-state index is 12.8. The number of nitrogens with zero attached hydrogens (tertiary/aromatic N) is 3. The molecular weight excluding hydrogens is 428 g/mol.